The number of benzene rings is 2. The van der Waals surface area contributed by atoms with Gasteiger partial charge in [0.05, 0.1) is 6.61 Å². The van der Waals surface area contributed by atoms with Crippen LogP contribution in [0.3, 0.4) is 0 Å². The lowest BCUT2D eigenvalue weighted by Gasteiger charge is -2.43. The lowest BCUT2D eigenvalue weighted by molar-refractivity contribution is -0.119. The number of ether oxygens (including phenoxy) is 1. The SMILES string of the molecule is CCCC(=O)CCCCCCCCCC[C@@H]1c2ccc(O)cc2OC[C@]1(C)c1ccc(O)cc1. The quantitative estimate of drug-likeness (QED) is 0.279. The van der Waals surface area contributed by atoms with E-state index in [1.54, 1.807) is 24.3 Å². The van der Waals surface area contributed by atoms with Gasteiger partial charge in [-0.2, -0.15) is 0 Å². The van der Waals surface area contributed by atoms with Crippen LogP contribution in [0, 0.1) is 0 Å². The maximum Gasteiger partial charge on any atom is 0.132 e. The molecule has 2 N–H and O–H groups in total. The van der Waals surface area contributed by atoms with E-state index in [0.29, 0.717) is 18.3 Å². The van der Waals surface area contributed by atoms with Crippen LogP contribution in [-0.4, -0.2) is 22.6 Å². The van der Waals surface area contributed by atoms with Crippen LogP contribution < -0.4 is 4.74 Å². The molecule has 2 atom stereocenters. The number of phenolic OH excluding ortho intramolecular Hbond substituents is 2. The Morgan fingerprint density at radius 3 is 2.18 bits per heavy atom. The number of phenols is 2. The number of unbranched alkanes of at least 4 members (excludes halogenated alkanes) is 7. The molecule has 0 spiro atoms. The Morgan fingerprint density at radius 1 is 0.882 bits per heavy atom. The number of rotatable bonds is 14. The maximum atomic E-state index is 11.6. The van der Waals surface area contributed by atoms with Crippen LogP contribution in [0.2, 0.25) is 0 Å². The molecule has 0 aliphatic carbocycles. The minimum absolute atomic E-state index is 0.188. The average Bonchev–Trinajstić information content (AvgIpc) is 2.82. The van der Waals surface area contributed by atoms with Gasteiger partial charge in [0, 0.05) is 30.2 Å². The molecule has 2 aromatic rings. The highest BCUT2D eigenvalue weighted by molar-refractivity contribution is 5.78. The van der Waals surface area contributed by atoms with Crippen molar-refractivity contribution < 1.29 is 19.7 Å². The first-order valence-corrected chi connectivity index (χ1v) is 13.2. The topological polar surface area (TPSA) is 66.8 Å². The summed E-state index contributed by atoms with van der Waals surface area (Å²) in [6.07, 6.45) is 13.1. The highest BCUT2D eigenvalue weighted by Gasteiger charge is 2.42. The van der Waals surface area contributed by atoms with E-state index in [0.717, 1.165) is 49.8 Å². The van der Waals surface area contributed by atoms with E-state index >= 15 is 0 Å². The molecule has 0 aromatic heterocycles. The first-order valence-electron chi connectivity index (χ1n) is 13.2. The van der Waals surface area contributed by atoms with E-state index in [1.165, 1.54) is 44.1 Å². The molecule has 1 heterocycles. The summed E-state index contributed by atoms with van der Waals surface area (Å²) in [4.78, 5) is 11.6. The van der Waals surface area contributed by atoms with Crippen LogP contribution >= 0.6 is 0 Å². The second-order valence-corrected chi connectivity index (χ2v) is 10.2. The fourth-order valence-corrected chi connectivity index (χ4v) is 5.34. The van der Waals surface area contributed by atoms with Crippen LogP contribution in [0.1, 0.15) is 108 Å². The predicted octanol–water partition coefficient (Wildman–Crippen LogP) is 7.80. The zero-order valence-corrected chi connectivity index (χ0v) is 21.0. The summed E-state index contributed by atoms with van der Waals surface area (Å²) in [7, 11) is 0. The number of carbonyl (C=O) groups is 1. The van der Waals surface area contributed by atoms with E-state index < -0.39 is 0 Å². The van der Waals surface area contributed by atoms with Gasteiger partial charge in [-0.05, 0) is 48.6 Å². The minimum atomic E-state index is -0.188. The maximum absolute atomic E-state index is 11.6. The molecular weight excluding hydrogens is 424 g/mol. The van der Waals surface area contributed by atoms with Crippen molar-refractivity contribution in [3.05, 3.63) is 53.6 Å². The van der Waals surface area contributed by atoms with Crippen LogP contribution in [0.15, 0.2) is 42.5 Å². The average molecular weight is 467 g/mol. The molecule has 1 aliphatic rings. The van der Waals surface area contributed by atoms with E-state index in [-0.39, 0.29) is 16.9 Å². The molecular formula is C30H42O4. The Balaban J connectivity index is 1.49. The molecule has 0 bridgehead atoms. The summed E-state index contributed by atoms with van der Waals surface area (Å²) in [6.45, 7) is 4.88. The van der Waals surface area contributed by atoms with E-state index in [1.807, 2.05) is 18.2 Å². The number of aromatic hydroxyl groups is 2. The third-order valence-corrected chi connectivity index (χ3v) is 7.42. The number of Topliss-reactive ketones (excluding diaryl/α,β-unsaturated/α-hetero) is 1. The van der Waals surface area contributed by atoms with Crippen molar-refractivity contribution in [1.29, 1.82) is 0 Å². The van der Waals surface area contributed by atoms with Crippen molar-refractivity contribution in [2.45, 2.75) is 102 Å². The molecule has 3 rings (SSSR count). The van der Waals surface area contributed by atoms with Crippen molar-refractivity contribution in [3.8, 4) is 17.2 Å². The van der Waals surface area contributed by atoms with Crippen molar-refractivity contribution in [2.24, 2.45) is 0 Å². The summed E-state index contributed by atoms with van der Waals surface area (Å²) in [5.41, 5.74) is 2.15. The normalized spacial score (nSPS) is 19.4. The fraction of sp³-hybridized carbons (Fsp3) is 0.567. The minimum Gasteiger partial charge on any atom is -0.508 e. The Bertz CT molecular complexity index is 905. The molecule has 4 nitrogen and oxygen atoms in total. The van der Waals surface area contributed by atoms with Crippen molar-refractivity contribution in [1.82, 2.24) is 0 Å². The van der Waals surface area contributed by atoms with Crippen LogP contribution in [0.4, 0.5) is 0 Å². The molecule has 0 saturated heterocycles. The Hall–Kier alpha value is -2.49. The van der Waals surface area contributed by atoms with Gasteiger partial charge >= 0.3 is 0 Å². The van der Waals surface area contributed by atoms with Crippen molar-refractivity contribution in [3.63, 3.8) is 0 Å². The van der Waals surface area contributed by atoms with E-state index in [9.17, 15) is 15.0 Å². The number of carbonyl (C=O) groups excluding carboxylic acids is 1. The standard InChI is InChI=1S/C30H42O4/c1-3-12-24(31)13-10-8-6-4-5-7-9-11-14-28-27-20-19-26(33)21-29(27)34-22-30(28,2)23-15-17-25(32)18-16-23/h15-21,28,32-33H,3-14,22H2,1-2H3/t28-,30-/m1/s1. The molecule has 1 aliphatic heterocycles. The van der Waals surface area contributed by atoms with Crippen LogP contribution in [-0.2, 0) is 10.2 Å². The second kappa shape index (κ2) is 12.8. The first-order chi connectivity index (χ1) is 16.4. The zero-order chi connectivity index (χ0) is 24.4. The second-order valence-electron chi connectivity index (χ2n) is 10.2. The third kappa shape index (κ3) is 7.01. The monoisotopic (exact) mass is 466 g/mol. The molecule has 34 heavy (non-hydrogen) atoms. The van der Waals surface area contributed by atoms with Gasteiger partial charge in [-0.3, -0.25) is 4.79 Å². The van der Waals surface area contributed by atoms with E-state index in [2.05, 4.69) is 13.8 Å². The van der Waals surface area contributed by atoms with Gasteiger partial charge in [0.25, 0.3) is 0 Å². The Labute approximate surface area is 205 Å². The van der Waals surface area contributed by atoms with Gasteiger partial charge < -0.3 is 14.9 Å². The third-order valence-electron chi connectivity index (χ3n) is 7.42. The number of fused-ring (bicyclic) bond motifs is 1. The number of ketones is 1. The lowest BCUT2D eigenvalue weighted by Crippen LogP contribution is -2.40. The highest BCUT2D eigenvalue weighted by atomic mass is 16.5. The molecule has 0 unspecified atom stereocenters. The predicted molar refractivity (Wildman–Crippen MR) is 138 cm³/mol. The van der Waals surface area contributed by atoms with Gasteiger partial charge in [0.15, 0.2) is 0 Å². The van der Waals surface area contributed by atoms with Crippen LogP contribution in [0.5, 0.6) is 17.2 Å². The summed E-state index contributed by atoms with van der Waals surface area (Å²) in [5.74, 6) is 2.02. The molecule has 0 fully saturated rings. The van der Waals surface area contributed by atoms with Gasteiger partial charge in [-0.25, -0.2) is 0 Å². The number of hydrogen-bond donors (Lipinski definition) is 2. The van der Waals surface area contributed by atoms with E-state index in [4.69, 9.17) is 4.74 Å². The van der Waals surface area contributed by atoms with Crippen molar-refractivity contribution in [2.75, 3.05) is 6.61 Å². The first kappa shape index (κ1) is 26.1. The van der Waals surface area contributed by atoms with Gasteiger partial charge in [-0.15, -0.1) is 0 Å². The molecule has 2 aromatic carbocycles. The highest BCUT2D eigenvalue weighted by Crippen LogP contribution is 2.49. The summed E-state index contributed by atoms with van der Waals surface area (Å²) in [5, 5.41) is 19.7. The molecule has 0 amide bonds. The molecule has 0 radical (unpaired) electrons. The fourth-order valence-electron chi connectivity index (χ4n) is 5.34. The molecule has 0 saturated carbocycles. The van der Waals surface area contributed by atoms with Gasteiger partial charge in [0.2, 0.25) is 0 Å². The Kier molecular flexibility index (Phi) is 9.86. The molecule has 4 heteroatoms. The van der Waals surface area contributed by atoms with Gasteiger partial charge in [-0.1, -0.05) is 77.0 Å². The lowest BCUT2D eigenvalue weighted by atomic mass is 9.66. The summed E-state index contributed by atoms with van der Waals surface area (Å²) < 4.78 is 6.11. The summed E-state index contributed by atoms with van der Waals surface area (Å²) >= 11 is 0. The van der Waals surface area contributed by atoms with Crippen LogP contribution in [0.25, 0.3) is 0 Å². The number of hydrogen-bond acceptors (Lipinski definition) is 4. The largest absolute Gasteiger partial charge is 0.508 e. The van der Waals surface area contributed by atoms with Crippen molar-refractivity contribution >= 4 is 5.78 Å². The van der Waals surface area contributed by atoms with Gasteiger partial charge in [0.1, 0.15) is 23.0 Å². The smallest absolute Gasteiger partial charge is 0.132 e. The summed E-state index contributed by atoms with van der Waals surface area (Å²) in [6, 6.07) is 13.0. The zero-order valence-electron chi connectivity index (χ0n) is 21.0. The molecule has 186 valence electrons. The Morgan fingerprint density at radius 2 is 1.50 bits per heavy atom.